The molecule has 0 aromatic rings. The van der Waals surface area contributed by atoms with E-state index < -0.39 is 0 Å². The number of allylic oxidation sites excluding steroid dienone is 2. The molecule has 2 nitrogen and oxygen atoms in total. The Morgan fingerprint density at radius 1 is 1.33 bits per heavy atom. The first-order chi connectivity index (χ1) is 5.93. The molecule has 1 aliphatic rings. The molecule has 12 heavy (non-hydrogen) atoms. The Bertz CT molecular complexity index is 161. The van der Waals surface area contributed by atoms with Crippen molar-refractivity contribution in [2.45, 2.75) is 18.9 Å². The Labute approximate surface area is 73.9 Å². The van der Waals surface area contributed by atoms with Crippen molar-refractivity contribution in [1.29, 1.82) is 0 Å². The molecule has 0 amide bonds. The highest BCUT2D eigenvalue weighted by Crippen LogP contribution is 2.07. The highest BCUT2D eigenvalue weighted by Gasteiger charge is 2.03. The normalized spacial score (nSPS) is 21.6. The predicted molar refractivity (Wildman–Crippen MR) is 49.1 cm³/mol. The summed E-state index contributed by atoms with van der Waals surface area (Å²) in [6.07, 6.45) is 10.6. The van der Waals surface area contributed by atoms with Crippen molar-refractivity contribution in [2.24, 2.45) is 0 Å². The maximum atomic E-state index is 5.57. The molecule has 1 rings (SSSR count). The third-order valence-electron chi connectivity index (χ3n) is 1.77. The van der Waals surface area contributed by atoms with E-state index in [0.717, 1.165) is 26.1 Å². The van der Waals surface area contributed by atoms with E-state index >= 15 is 0 Å². The zero-order valence-corrected chi connectivity index (χ0v) is 7.53. The molecule has 0 bridgehead atoms. The predicted octanol–water partition coefficient (Wildman–Crippen LogP) is 1.92. The molecular weight excluding hydrogens is 152 g/mol. The highest BCUT2D eigenvalue weighted by molar-refractivity contribution is 5.11. The molecule has 0 radical (unpaired) electrons. The first-order valence-electron chi connectivity index (χ1n) is 4.37. The number of ether oxygens (including phenoxy) is 2. The van der Waals surface area contributed by atoms with Crippen molar-refractivity contribution in [2.75, 3.05) is 20.3 Å². The van der Waals surface area contributed by atoms with Gasteiger partial charge in [-0.1, -0.05) is 24.3 Å². The molecule has 0 aromatic carbocycles. The van der Waals surface area contributed by atoms with E-state index in [4.69, 9.17) is 9.47 Å². The molecule has 0 saturated carbocycles. The van der Waals surface area contributed by atoms with E-state index in [0.29, 0.717) is 0 Å². The van der Waals surface area contributed by atoms with E-state index in [1.54, 1.807) is 7.11 Å². The number of methoxy groups -OCH3 is 1. The third kappa shape index (κ3) is 3.69. The number of hydrogen-bond donors (Lipinski definition) is 0. The van der Waals surface area contributed by atoms with Crippen LogP contribution in [0.25, 0.3) is 0 Å². The summed E-state index contributed by atoms with van der Waals surface area (Å²) in [5.74, 6) is 0. The van der Waals surface area contributed by atoms with Gasteiger partial charge in [0.1, 0.15) is 0 Å². The second-order valence-corrected chi connectivity index (χ2v) is 2.80. The lowest BCUT2D eigenvalue weighted by Crippen LogP contribution is -2.12. The summed E-state index contributed by atoms with van der Waals surface area (Å²) >= 11 is 0. The van der Waals surface area contributed by atoms with Gasteiger partial charge >= 0.3 is 0 Å². The van der Waals surface area contributed by atoms with Crippen LogP contribution in [0.2, 0.25) is 0 Å². The number of rotatable bonds is 5. The van der Waals surface area contributed by atoms with Gasteiger partial charge in [0, 0.05) is 20.3 Å². The standard InChI is InChI=1S/C10H16O2/c1-11-8-5-9-12-10-6-3-2-4-7-10/h2-4,6,10H,5,7-9H2,1H3. The summed E-state index contributed by atoms with van der Waals surface area (Å²) < 4.78 is 10.5. The van der Waals surface area contributed by atoms with Crippen LogP contribution in [-0.2, 0) is 9.47 Å². The van der Waals surface area contributed by atoms with Gasteiger partial charge in [0.2, 0.25) is 0 Å². The smallest absolute Gasteiger partial charge is 0.0793 e. The van der Waals surface area contributed by atoms with E-state index in [1.807, 2.05) is 6.08 Å². The first kappa shape index (κ1) is 9.49. The monoisotopic (exact) mass is 168 g/mol. The van der Waals surface area contributed by atoms with Crippen molar-refractivity contribution < 1.29 is 9.47 Å². The van der Waals surface area contributed by atoms with Gasteiger partial charge in [-0.2, -0.15) is 0 Å². The van der Waals surface area contributed by atoms with Crippen LogP contribution in [0.5, 0.6) is 0 Å². The summed E-state index contributed by atoms with van der Waals surface area (Å²) in [6.45, 7) is 1.57. The minimum atomic E-state index is 0.284. The molecule has 1 atom stereocenters. The van der Waals surface area contributed by atoms with E-state index in [-0.39, 0.29) is 6.10 Å². The van der Waals surface area contributed by atoms with Crippen molar-refractivity contribution in [3.8, 4) is 0 Å². The molecule has 2 heteroatoms. The van der Waals surface area contributed by atoms with Crippen LogP contribution in [0.4, 0.5) is 0 Å². The lowest BCUT2D eigenvalue weighted by atomic mass is 10.1. The Morgan fingerprint density at radius 2 is 2.25 bits per heavy atom. The minimum Gasteiger partial charge on any atom is -0.385 e. The Balaban J connectivity index is 2.00. The van der Waals surface area contributed by atoms with E-state index in [9.17, 15) is 0 Å². The van der Waals surface area contributed by atoms with Crippen LogP contribution in [0, 0.1) is 0 Å². The van der Waals surface area contributed by atoms with Gasteiger partial charge in [-0.15, -0.1) is 0 Å². The van der Waals surface area contributed by atoms with E-state index in [1.165, 1.54) is 0 Å². The van der Waals surface area contributed by atoms with Crippen LogP contribution in [0.3, 0.4) is 0 Å². The van der Waals surface area contributed by atoms with Gasteiger partial charge < -0.3 is 9.47 Å². The lowest BCUT2D eigenvalue weighted by molar-refractivity contribution is 0.0672. The van der Waals surface area contributed by atoms with E-state index in [2.05, 4.69) is 18.2 Å². The summed E-state index contributed by atoms with van der Waals surface area (Å²) in [5, 5.41) is 0. The molecule has 0 fully saturated rings. The Kier molecular flexibility index (Phi) is 4.73. The Morgan fingerprint density at radius 3 is 2.92 bits per heavy atom. The lowest BCUT2D eigenvalue weighted by Gasteiger charge is -2.13. The fraction of sp³-hybridized carbons (Fsp3) is 0.600. The number of hydrogen-bond acceptors (Lipinski definition) is 2. The van der Waals surface area contributed by atoms with Gasteiger partial charge in [-0.25, -0.2) is 0 Å². The molecule has 0 aromatic heterocycles. The molecule has 1 unspecified atom stereocenters. The van der Waals surface area contributed by atoms with Crippen LogP contribution in [0.15, 0.2) is 24.3 Å². The average molecular weight is 168 g/mol. The topological polar surface area (TPSA) is 18.5 Å². The van der Waals surface area contributed by atoms with Gasteiger partial charge in [-0.05, 0) is 12.8 Å². The van der Waals surface area contributed by atoms with Crippen molar-refractivity contribution in [3.63, 3.8) is 0 Å². The minimum absolute atomic E-state index is 0.284. The summed E-state index contributed by atoms with van der Waals surface area (Å²) in [4.78, 5) is 0. The fourth-order valence-electron chi connectivity index (χ4n) is 1.12. The molecule has 0 saturated heterocycles. The zero-order valence-electron chi connectivity index (χ0n) is 7.53. The SMILES string of the molecule is COCCCOC1C=CC=CC1. The third-order valence-corrected chi connectivity index (χ3v) is 1.77. The Hall–Kier alpha value is -0.600. The van der Waals surface area contributed by atoms with Crippen LogP contribution in [0.1, 0.15) is 12.8 Å². The molecule has 0 heterocycles. The molecule has 0 aliphatic heterocycles. The maximum Gasteiger partial charge on any atom is 0.0793 e. The van der Waals surface area contributed by atoms with Crippen molar-refractivity contribution >= 4 is 0 Å². The molecule has 1 aliphatic carbocycles. The maximum absolute atomic E-state index is 5.57. The second-order valence-electron chi connectivity index (χ2n) is 2.80. The molecule has 0 spiro atoms. The zero-order chi connectivity index (χ0) is 8.65. The van der Waals surface area contributed by atoms with Gasteiger partial charge in [0.15, 0.2) is 0 Å². The summed E-state index contributed by atoms with van der Waals surface area (Å²) in [6, 6.07) is 0. The van der Waals surface area contributed by atoms with Crippen molar-refractivity contribution in [3.05, 3.63) is 24.3 Å². The quantitative estimate of drug-likeness (QED) is 0.584. The average Bonchev–Trinajstić information content (AvgIpc) is 2.14. The molecule has 0 N–H and O–H groups in total. The van der Waals surface area contributed by atoms with Crippen LogP contribution in [-0.4, -0.2) is 26.4 Å². The van der Waals surface area contributed by atoms with Gasteiger partial charge in [0.05, 0.1) is 6.10 Å². The second kappa shape index (κ2) is 5.98. The van der Waals surface area contributed by atoms with Gasteiger partial charge in [0.25, 0.3) is 0 Å². The van der Waals surface area contributed by atoms with Gasteiger partial charge in [-0.3, -0.25) is 0 Å². The first-order valence-corrected chi connectivity index (χ1v) is 4.37. The van der Waals surface area contributed by atoms with Crippen LogP contribution >= 0.6 is 0 Å². The summed E-state index contributed by atoms with van der Waals surface area (Å²) in [5.41, 5.74) is 0. The largest absolute Gasteiger partial charge is 0.385 e. The fourth-order valence-corrected chi connectivity index (χ4v) is 1.12. The molecular formula is C10H16O2. The van der Waals surface area contributed by atoms with Crippen LogP contribution < -0.4 is 0 Å². The highest BCUT2D eigenvalue weighted by atomic mass is 16.5. The van der Waals surface area contributed by atoms with Crippen molar-refractivity contribution in [1.82, 2.24) is 0 Å². The summed E-state index contributed by atoms with van der Waals surface area (Å²) in [7, 11) is 1.71. The molecule has 68 valence electrons.